The van der Waals surface area contributed by atoms with Gasteiger partial charge in [-0.05, 0) is 44.8 Å². The second-order valence-electron chi connectivity index (χ2n) is 9.26. The van der Waals surface area contributed by atoms with Crippen molar-refractivity contribution >= 4 is 44.9 Å². The summed E-state index contributed by atoms with van der Waals surface area (Å²) in [7, 11) is 0. The molecule has 5 aromatic carbocycles. The van der Waals surface area contributed by atoms with E-state index in [0.717, 1.165) is 0 Å². The van der Waals surface area contributed by atoms with Crippen molar-refractivity contribution < 1.29 is 0 Å². The summed E-state index contributed by atoms with van der Waals surface area (Å²) in [5, 5.41) is 2.72. The van der Waals surface area contributed by atoms with Crippen LogP contribution in [0.4, 0.5) is 0 Å². The van der Waals surface area contributed by atoms with Crippen LogP contribution in [0, 0.1) is 0 Å². The van der Waals surface area contributed by atoms with Gasteiger partial charge in [-0.2, -0.15) is 0 Å². The normalized spacial score (nSPS) is 13.6. The average Bonchev–Trinajstić information content (AvgIpc) is 3.49. The van der Waals surface area contributed by atoms with Crippen LogP contribution >= 0.6 is 0 Å². The zero-order chi connectivity index (χ0) is 20.6. The highest BCUT2D eigenvalue weighted by Gasteiger charge is 2.47. The van der Waals surface area contributed by atoms with E-state index < -0.39 is 0 Å². The fourth-order valence-corrected chi connectivity index (χ4v) is 6.85. The second kappa shape index (κ2) is 5.06. The van der Waals surface area contributed by atoms with Gasteiger partial charge in [0.15, 0.2) is 0 Å². The van der Waals surface area contributed by atoms with Gasteiger partial charge in [-0.1, -0.05) is 96.5 Å². The van der Waals surface area contributed by atoms with Crippen LogP contribution in [0.1, 0.15) is 0 Å². The standard InChI is InChI=1S/C30H16BN/c1-2-7-17(8-3-1)18-13-14-22-20-10-6-11-21-23-15-16-24-19-9-4-5-12-25(19)32-29(18)27(22)31(26(20)21)28(23)30(24)32/h1-16H. The maximum atomic E-state index is 2.58. The van der Waals surface area contributed by atoms with Crippen molar-refractivity contribution in [1.82, 2.24) is 4.57 Å². The quantitative estimate of drug-likeness (QED) is 0.332. The Morgan fingerprint density at radius 2 is 1.16 bits per heavy atom. The summed E-state index contributed by atoms with van der Waals surface area (Å²) in [4.78, 5) is 0. The van der Waals surface area contributed by atoms with Crippen molar-refractivity contribution in [1.29, 1.82) is 0 Å². The molecule has 6 aromatic rings. The summed E-state index contributed by atoms with van der Waals surface area (Å²) >= 11 is 0. The molecule has 0 unspecified atom stereocenters. The number of para-hydroxylation sites is 1. The lowest BCUT2D eigenvalue weighted by Gasteiger charge is -2.26. The second-order valence-corrected chi connectivity index (χ2v) is 9.26. The zero-order valence-corrected chi connectivity index (χ0v) is 17.3. The molecule has 3 aliphatic rings. The van der Waals surface area contributed by atoms with Crippen LogP contribution in [0.3, 0.4) is 0 Å². The third-order valence-corrected chi connectivity index (χ3v) is 7.95. The SMILES string of the molecule is c1ccc(-c2ccc3c4c2-n2c5ccccc5c5ccc6c(c52)B4c2c-3cccc2-6)cc1. The largest absolute Gasteiger partial charge is 0.310 e. The fraction of sp³-hybridized carbons (Fsp3) is 0. The van der Waals surface area contributed by atoms with E-state index in [1.807, 2.05) is 0 Å². The van der Waals surface area contributed by atoms with E-state index in [2.05, 4.69) is 102 Å². The Morgan fingerprint density at radius 3 is 2.03 bits per heavy atom. The van der Waals surface area contributed by atoms with Crippen molar-refractivity contribution in [2.75, 3.05) is 0 Å². The maximum Gasteiger partial charge on any atom is 0.249 e. The van der Waals surface area contributed by atoms with Gasteiger partial charge < -0.3 is 4.57 Å². The highest BCUT2D eigenvalue weighted by molar-refractivity contribution is 7.04. The minimum absolute atomic E-state index is 0.352. The monoisotopic (exact) mass is 401 g/mol. The van der Waals surface area contributed by atoms with Gasteiger partial charge in [0, 0.05) is 27.5 Å². The lowest BCUT2D eigenvalue weighted by atomic mass is 9.39. The molecule has 144 valence electrons. The Morgan fingerprint density at radius 1 is 0.469 bits per heavy atom. The first-order chi connectivity index (χ1) is 15.9. The Balaban J connectivity index is 1.61. The van der Waals surface area contributed by atoms with E-state index >= 15 is 0 Å². The third kappa shape index (κ3) is 1.53. The molecule has 9 rings (SSSR count). The van der Waals surface area contributed by atoms with Gasteiger partial charge in [-0.15, -0.1) is 0 Å². The first kappa shape index (κ1) is 15.7. The summed E-state index contributed by atoms with van der Waals surface area (Å²) in [6.07, 6.45) is 0. The van der Waals surface area contributed by atoms with Gasteiger partial charge in [0.1, 0.15) is 0 Å². The van der Waals surface area contributed by atoms with E-state index in [1.54, 1.807) is 0 Å². The lowest BCUT2D eigenvalue weighted by Crippen LogP contribution is -2.50. The predicted octanol–water partition coefficient (Wildman–Crippen LogP) is 5.24. The Labute approximate surface area is 185 Å². The minimum atomic E-state index is 0.352. The van der Waals surface area contributed by atoms with Crippen LogP contribution in [-0.4, -0.2) is 11.3 Å². The molecule has 0 spiro atoms. The molecule has 32 heavy (non-hydrogen) atoms. The third-order valence-electron chi connectivity index (χ3n) is 7.95. The summed E-state index contributed by atoms with van der Waals surface area (Å²) in [5.74, 6) is 0. The molecule has 3 aliphatic heterocycles. The number of rotatable bonds is 1. The Bertz CT molecular complexity index is 1820. The number of fused-ring (bicyclic) bond motifs is 6. The molecular weight excluding hydrogens is 385 g/mol. The first-order valence-corrected chi connectivity index (χ1v) is 11.3. The predicted molar refractivity (Wildman–Crippen MR) is 135 cm³/mol. The Kier molecular flexibility index (Phi) is 2.48. The van der Waals surface area contributed by atoms with Gasteiger partial charge in [0.2, 0.25) is 6.71 Å². The molecule has 0 bridgehead atoms. The first-order valence-electron chi connectivity index (χ1n) is 11.3. The van der Waals surface area contributed by atoms with Crippen molar-refractivity contribution in [2.45, 2.75) is 0 Å². The number of hydrogen-bond acceptors (Lipinski definition) is 0. The molecule has 0 N–H and O–H groups in total. The van der Waals surface area contributed by atoms with Crippen LogP contribution in [-0.2, 0) is 0 Å². The van der Waals surface area contributed by atoms with Gasteiger partial charge in [0.25, 0.3) is 0 Å². The van der Waals surface area contributed by atoms with Crippen LogP contribution < -0.4 is 16.4 Å². The lowest BCUT2D eigenvalue weighted by molar-refractivity contribution is 1.19. The smallest absolute Gasteiger partial charge is 0.249 e. The number of nitrogens with zero attached hydrogens (tertiary/aromatic N) is 1. The molecule has 0 saturated heterocycles. The molecule has 1 aromatic heterocycles. The van der Waals surface area contributed by atoms with Crippen molar-refractivity contribution in [3.8, 4) is 39.1 Å². The molecular formula is C30H16BN. The highest BCUT2D eigenvalue weighted by atomic mass is 15.0. The van der Waals surface area contributed by atoms with Gasteiger partial charge in [0.05, 0.1) is 5.52 Å². The van der Waals surface area contributed by atoms with E-state index in [4.69, 9.17) is 0 Å². The van der Waals surface area contributed by atoms with E-state index in [-0.39, 0.29) is 0 Å². The van der Waals surface area contributed by atoms with Crippen LogP contribution in [0.2, 0.25) is 0 Å². The van der Waals surface area contributed by atoms with Gasteiger partial charge in [-0.3, -0.25) is 0 Å². The van der Waals surface area contributed by atoms with E-state index in [0.29, 0.717) is 6.71 Å². The van der Waals surface area contributed by atoms with Crippen LogP contribution in [0.5, 0.6) is 0 Å². The van der Waals surface area contributed by atoms with Crippen molar-refractivity contribution in [3.05, 3.63) is 97.1 Å². The summed E-state index contributed by atoms with van der Waals surface area (Å²) in [6, 6.07) is 36.1. The zero-order valence-electron chi connectivity index (χ0n) is 17.3. The minimum Gasteiger partial charge on any atom is -0.310 e. The fourth-order valence-electron chi connectivity index (χ4n) is 6.85. The van der Waals surface area contributed by atoms with Gasteiger partial charge in [-0.25, -0.2) is 0 Å². The average molecular weight is 401 g/mol. The molecule has 0 radical (unpaired) electrons. The number of aromatic nitrogens is 1. The molecule has 4 heterocycles. The molecule has 0 saturated carbocycles. The van der Waals surface area contributed by atoms with Gasteiger partial charge >= 0.3 is 0 Å². The molecule has 0 amide bonds. The summed E-state index contributed by atoms with van der Waals surface area (Å²) in [5.41, 5.74) is 16.9. The maximum absolute atomic E-state index is 2.58. The molecule has 0 fully saturated rings. The molecule has 2 heteroatoms. The molecule has 0 atom stereocenters. The van der Waals surface area contributed by atoms with Crippen molar-refractivity contribution in [3.63, 3.8) is 0 Å². The van der Waals surface area contributed by atoms with Crippen LogP contribution in [0.15, 0.2) is 97.1 Å². The highest BCUT2D eigenvalue weighted by Crippen LogP contribution is 2.45. The number of benzene rings is 5. The summed E-state index contributed by atoms with van der Waals surface area (Å²) in [6.45, 7) is 0.352. The van der Waals surface area contributed by atoms with E-state index in [9.17, 15) is 0 Å². The van der Waals surface area contributed by atoms with E-state index in [1.165, 1.54) is 77.3 Å². The van der Waals surface area contributed by atoms with Crippen molar-refractivity contribution in [2.24, 2.45) is 0 Å². The Hall–Kier alpha value is -4.04. The summed E-state index contributed by atoms with van der Waals surface area (Å²) < 4.78 is 2.58. The number of hydrogen-bond donors (Lipinski definition) is 0. The topological polar surface area (TPSA) is 4.93 Å². The molecule has 0 aliphatic carbocycles. The molecule has 1 nitrogen and oxygen atoms in total. The van der Waals surface area contributed by atoms with Crippen LogP contribution in [0.25, 0.3) is 60.9 Å².